The zero-order valence-electron chi connectivity index (χ0n) is 17.1. The summed E-state index contributed by atoms with van der Waals surface area (Å²) in [5.74, 6) is 1.53. The van der Waals surface area contributed by atoms with Crippen LogP contribution in [0.5, 0.6) is 17.2 Å². The summed E-state index contributed by atoms with van der Waals surface area (Å²) in [6, 6.07) is 8.53. The average molecular weight is 423 g/mol. The zero-order valence-corrected chi connectivity index (χ0v) is 17.9. The number of methoxy groups -OCH3 is 3. The van der Waals surface area contributed by atoms with Gasteiger partial charge in [0.05, 0.1) is 27.4 Å². The first-order valence-electron chi connectivity index (χ1n) is 9.77. The minimum absolute atomic E-state index is 0.127. The second-order valence-electron chi connectivity index (χ2n) is 7.02. The first-order valence-corrected chi connectivity index (χ1v) is 10.1. The van der Waals surface area contributed by atoms with Crippen LogP contribution in [0.3, 0.4) is 0 Å². The second kappa shape index (κ2) is 10.1. The first-order chi connectivity index (χ1) is 14.1. The van der Waals surface area contributed by atoms with Gasteiger partial charge in [-0.05, 0) is 44.1 Å². The Morgan fingerprint density at radius 2 is 1.76 bits per heavy atom. The van der Waals surface area contributed by atoms with Crippen LogP contribution in [-0.4, -0.2) is 45.9 Å². The molecular formula is C22H28ClFN2O3. The molecule has 1 fully saturated rings. The number of nitrogens with one attached hydrogen (secondary N) is 1. The number of hydrogen-bond acceptors (Lipinski definition) is 5. The third kappa shape index (κ3) is 4.77. The van der Waals surface area contributed by atoms with Crippen LogP contribution in [0.1, 0.15) is 30.0 Å². The van der Waals surface area contributed by atoms with Gasteiger partial charge in [0.25, 0.3) is 0 Å². The second-order valence-corrected chi connectivity index (χ2v) is 7.43. The van der Waals surface area contributed by atoms with E-state index in [9.17, 15) is 4.39 Å². The van der Waals surface area contributed by atoms with E-state index in [4.69, 9.17) is 25.8 Å². The third-order valence-electron chi connectivity index (χ3n) is 5.35. The molecule has 1 aliphatic heterocycles. The van der Waals surface area contributed by atoms with Gasteiger partial charge in [-0.2, -0.15) is 0 Å². The molecule has 7 heteroatoms. The van der Waals surface area contributed by atoms with E-state index in [0.29, 0.717) is 40.9 Å². The molecule has 1 N–H and O–H groups in total. The smallest absolute Gasteiger partial charge is 0.203 e. The topological polar surface area (TPSA) is 43.0 Å². The molecule has 1 atom stereocenters. The molecule has 2 aromatic rings. The van der Waals surface area contributed by atoms with Crippen molar-refractivity contribution >= 4 is 11.6 Å². The predicted octanol–water partition coefficient (Wildman–Crippen LogP) is 4.43. The molecular weight excluding hydrogens is 395 g/mol. The van der Waals surface area contributed by atoms with E-state index in [1.165, 1.54) is 6.07 Å². The Balaban J connectivity index is 1.79. The summed E-state index contributed by atoms with van der Waals surface area (Å²) in [6.45, 7) is 2.99. The highest BCUT2D eigenvalue weighted by Gasteiger charge is 2.27. The highest BCUT2D eigenvalue weighted by molar-refractivity contribution is 6.31. The molecule has 158 valence electrons. The Kier molecular flexibility index (Phi) is 7.58. The molecule has 0 spiro atoms. The van der Waals surface area contributed by atoms with E-state index in [1.54, 1.807) is 33.5 Å². The number of ether oxygens (including phenoxy) is 3. The van der Waals surface area contributed by atoms with Crippen molar-refractivity contribution < 1.29 is 18.6 Å². The lowest BCUT2D eigenvalue weighted by atomic mass is 10.0. The van der Waals surface area contributed by atoms with Crippen LogP contribution in [-0.2, 0) is 6.54 Å². The lowest BCUT2D eigenvalue weighted by molar-refractivity contribution is 0.233. The van der Waals surface area contributed by atoms with E-state index in [1.807, 2.05) is 12.1 Å². The first kappa shape index (κ1) is 21.7. The number of nitrogens with zero attached hydrogens (tertiary/aromatic N) is 1. The molecule has 0 amide bonds. The highest BCUT2D eigenvalue weighted by Crippen LogP contribution is 2.40. The van der Waals surface area contributed by atoms with Crippen molar-refractivity contribution in [2.75, 3.05) is 41.0 Å². The summed E-state index contributed by atoms with van der Waals surface area (Å²) in [5, 5.41) is 3.92. The van der Waals surface area contributed by atoms with Crippen molar-refractivity contribution in [1.82, 2.24) is 10.2 Å². The van der Waals surface area contributed by atoms with Gasteiger partial charge in [-0.1, -0.05) is 23.7 Å². The number of halogens is 2. The van der Waals surface area contributed by atoms with Crippen molar-refractivity contribution in [3.63, 3.8) is 0 Å². The molecule has 1 heterocycles. The number of benzene rings is 2. The van der Waals surface area contributed by atoms with E-state index >= 15 is 0 Å². The van der Waals surface area contributed by atoms with Gasteiger partial charge in [0, 0.05) is 29.2 Å². The Labute approximate surface area is 176 Å². The lowest BCUT2D eigenvalue weighted by Gasteiger charge is -2.29. The van der Waals surface area contributed by atoms with E-state index in [0.717, 1.165) is 31.5 Å². The lowest BCUT2D eigenvalue weighted by Crippen LogP contribution is -2.34. The van der Waals surface area contributed by atoms with Gasteiger partial charge in [-0.3, -0.25) is 4.90 Å². The van der Waals surface area contributed by atoms with E-state index in [-0.39, 0.29) is 11.9 Å². The quantitative estimate of drug-likeness (QED) is 0.647. The van der Waals surface area contributed by atoms with Crippen LogP contribution in [0, 0.1) is 5.82 Å². The molecule has 0 bridgehead atoms. The summed E-state index contributed by atoms with van der Waals surface area (Å²) < 4.78 is 31.0. The van der Waals surface area contributed by atoms with Crippen LogP contribution in [0.25, 0.3) is 0 Å². The van der Waals surface area contributed by atoms with Crippen molar-refractivity contribution in [2.45, 2.75) is 25.4 Å². The summed E-state index contributed by atoms with van der Waals surface area (Å²) in [7, 11) is 4.78. The molecule has 5 nitrogen and oxygen atoms in total. The highest BCUT2D eigenvalue weighted by atomic mass is 35.5. The van der Waals surface area contributed by atoms with Gasteiger partial charge in [-0.25, -0.2) is 4.39 Å². The monoisotopic (exact) mass is 422 g/mol. The summed E-state index contributed by atoms with van der Waals surface area (Å²) >= 11 is 6.37. The maximum Gasteiger partial charge on any atom is 0.203 e. The van der Waals surface area contributed by atoms with Crippen LogP contribution in [0.15, 0.2) is 30.3 Å². The van der Waals surface area contributed by atoms with E-state index in [2.05, 4.69) is 10.2 Å². The molecule has 0 aromatic heterocycles. The summed E-state index contributed by atoms with van der Waals surface area (Å²) in [5.41, 5.74) is 1.49. The van der Waals surface area contributed by atoms with Gasteiger partial charge >= 0.3 is 0 Å². The largest absolute Gasteiger partial charge is 0.493 e. The standard InChI is InChI=1S/C22H28ClFN2O3/c1-27-19-10-9-15(21(28-2)22(19)29-3)13-25-14-18(26-11-4-5-12-26)20-16(23)7-6-8-17(20)24/h6-10,18,25H,4-5,11-14H2,1-3H3/t18-/m0/s1. The maximum atomic E-state index is 14.6. The maximum absolute atomic E-state index is 14.6. The SMILES string of the molecule is COc1ccc(CNC[C@@H](c2c(F)cccc2Cl)N2CCCC2)c(OC)c1OC. The molecule has 0 saturated carbocycles. The molecule has 3 rings (SSSR count). The fourth-order valence-corrected chi connectivity index (χ4v) is 4.23. The van der Waals surface area contributed by atoms with Crippen LogP contribution < -0.4 is 19.5 Å². The fraction of sp³-hybridized carbons (Fsp3) is 0.455. The van der Waals surface area contributed by atoms with Crippen molar-refractivity contribution in [1.29, 1.82) is 0 Å². The Bertz CT molecular complexity index is 808. The number of hydrogen-bond donors (Lipinski definition) is 1. The van der Waals surface area contributed by atoms with Crippen molar-refractivity contribution in [3.8, 4) is 17.2 Å². The predicted molar refractivity (Wildman–Crippen MR) is 113 cm³/mol. The van der Waals surface area contributed by atoms with Gasteiger partial charge < -0.3 is 19.5 Å². The number of likely N-dealkylation sites (tertiary alicyclic amines) is 1. The fourth-order valence-electron chi connectivity index (χ4n) is 3.94. The van der Waals surface area contributed by atoms with Crippen LogP contribution in [0.4, 0.5) is 4.39 Å². The van der Waals surface area contributed by atoms with Crippen molar-refractivity contribution in [3.05, 3.63) is 52.3 Å². The molecule has 2 aromatic carbocycles. The zero-order chi connectivity index (χ0) is 20.8. The minimum Gasteiger partial charge on any atom is -0.493 e. The summed E-state index contributed by atoms with van der Waals surface area (Å²) in [4.78, 5) is 2.29. The van der Waals surface area contributed by atoms with Gasteiger partial charge in [-0.15, -0.1) is 0 Å². The Morgan fingerprint density at radius 3 is 2.38 bits per heavy atom. The van der Waals surface area contributed by atoms with E-state index < -0.39 is 0 Å². The molecule has 0 unspecified atom stereocenters. The van der Waals surface area contributed by atoms with Crippen LogP contribution in [0.2, 0.25) is 5.02 Å². The normalized spacial score (nSPS) is 15.3. The molecule has 0 radical (unpaired) electrons. The Hall–Kier alpha value is -2.02. The Morgan fingerprint density at radius 1 is 1.03 bits per heavy atom. The molecule has 1 aliphatic rings. The van der Waals surface area contributed by atoms with Gasteiger partial charge in [0.2, 0.25) is 5.75 Å². The van der Waals surface area contributed by atoms with Crippen molar-refractivity contribution in [2.24, 2.45) is 0 Å². The minimum atomic E-state index is -0.264. The van der Waals surface area contributed by atoms with Gasteiger partial charge in [0.15, 0.2) is 11.5 Å². The summed E-state index contributed by atoms with van der Waals surface area (Å²) in [6.07, 6.45) is 2.23. The molecule has 0 aliphatic carbocycles. The average Bonchev–Trinajstić information content (AvgIpc) is 3.26. The third-order valence-corrected chi connectivity index (χ3v) is 5.68. The van der Waals surface area contributed by atoms with Gasteiger partial charge in [0.1, 0.15) is 5.82 Å². The number of rotatable bonds is 9. The van der Waals surface area contributed by atoms with Crippen LogP contribution >= 0.6 is 11.6 Å². The molecule has 29 heavy (non-hydrogen) atoms. The molecule has 1 saturated heterocycles.